The topological polar surface area (TPSA) is 17.3 Å². The van der Waals surface area contributed by atoms with Crippen LogP contribution in [0, 0.1) is 0 Å². The number of hydrogen-bond donors (Lipinski definition) is 0. The standard InChI is InChI=1S/C53H32N2/c1-3-13-35-29-39(23-21-33(35)11-1)51-43-16-5-6-17-44(43)52(40-24-22-34-12-2-4-14-36(34)30-40)46-31-37(26-28-45(46)51)38-25-27-41-42-15-7-9-19-49(42)55-50-20-10-8-18-48(50)54-53(55)47(41)32-38/h1-32H. The van der Waals surface area contributed by atoms with Gasteiger partial charge in [-0.2, -0.15) is 0 Å². The normalized spacial score (nSPS) is 12.0. The third-order valence-electron chi connectivity index (χ3n) is 11.7. The molecular weight excluding hydrogens is 665 g/mol. The lowest BCUT2D eigenvalue weighted by molar-refractivity contribution is 1.31. The minimum absolute atomic E-state index is 0.985. The summed E-state index contributed by atoms with van der Waals surface area (Å²) in [6, 6.07) is 71.3. The zero-order valence-corrected chi connectivity index (χ0v) is 29.9. The monoisotopic (exact) mass is 696 g/mol. The molecule has 254 valence electrons. The van der Waals surface area contributed by atoms with Gasteiger partial charge >= 0.3 is 0 Å². The molecule has 12 rings (SSSR count). The summed E-state index contributed by atoms with van der Waals surface area (Å²) >= 11 is 0. The average Bonchev–Trinajstić information content (AvgIpc) is 3.65. The van der Waals surface area contributed by atoms with Crippen molar-refractivity contribution in [2.75, 3.05) is 0 Å². The van der Waals surface area contributed by atoms with Crippen molar-refractivity contribution in [1.82, 2.24) is 9.38 Å². The second-order valence-corrected chi connectivity index (χ2v) is 14.7. The summed E-state index contributed by atoms with van der Waals surface area (Å²) < 4.78 is 2.33. The van der Waals surface area contributed by atoms with Gasteiger partial charge in [-0.15, -0.1) is 0 Å². The minimum atomic E-state index is 0.985. The fourth-order valence-electron chi connectivity index (χ4n) is 9.16. The quantitative estimate of drug-likeness (QED) is 0.133. The summed E-state index contributed by atoms with van der Waals surface area (Å²) in [6.45, 7) is 0. The van der Waals surface area contributed by atoms with Crippen molar-refractivity contribution in [3.8, 4) is 33.4 Å². The van der Waals surface area contributed by atoms with Gasteiger partial charge in [0, 0.05) is 10.8 Å². The highest BCUT2D eigenvalue weighted by atomic mass is 15.0. The molecule has 2 nitrogen and oxygen atoms in total. The van der Waals surface area contributed by atoms with Crippen molar-refractivity contribution in [2.45, 2.75) is 0 Å². The molecule has 0 radical (unpaired) electrons. The molecule has 0 N–H and O–H groups in total. The molecule has 0 saturated carbocycles. The van der Waals surface area contributed by atoms with Crippen LogP contribution in [-0.4, -0.2) is 9.38 Å². The van der Waals surface area contributed by atoms with Gasteiger partial charge in [-0.1, -0.05) is 152 Å². The fourth-order valence-corrected chi connectivity index (χ4v) is 9.16. The molecule has 0 atom stereocenters. The highest BCUT2D eigenvalue weighted by Crippen LogP contribution is 2.46. The van der Waals surface area contributed by atoms with Crippen LogP contribution in [0.25, 0.3) is 115 Å². The molecule has 0 spiro atoms. The van der Waals surface area contributed by atoms with Crippen LogP contribution in [0.5, 0.6) is 0 Å². The van der Waals surface area contributed by atoms with Gasteiger partial charge in [0.1, 0.15) is 5.65 Å². The molecule has 2 heterocycles. The van der Waals surface area contributed by atoms with E-state index in [0.717, 1.165) is 22.1 Å². The summed E-state index contributed by atoms with van der Waals surface area (Å²) in [5.41, 5.74) is 11.6. The van der Waals surface area contributed by atoms with Crippen LogP contribution in [0.1, 0.15) is 0 Å². The zero-order valence-electron chi connectivity index (χ0n) is 29.9. The summed E-state index contributed by atoms with van der Waals surface area (Å²) in [6.07, 6.45) is 0. The van der Waals surface area contributed by atoms with E-state index in [1.807, 2.05) is 0 Å². The Labute approximate surface area is 317 Å². The summed E-state index contributed by atoms with van der Waals surface area (Å²) in [7, 11) is 0. The summed E-state index contributed by atoms with van der Waals surface area (Å²) in [4.78, 5) is 5.22. The van der Waals surface area contributed by atoms with Gasteiger partial charge in [-0.3, -0.25) is 4.40 Å². The maximum Gasteiger partial charge on any atom is 0.146 e. The third-order valence-corrected chi connectivity index (χ3v) is 11.7. The van der Waals surface area contributed by atoms with Crippen molar-refractivity contribution in [3.05, 3.63) is 194 Å². The maximum atomic E-state index is 5.22. The van der Waals surface area contributed by atoms with E-state index < -0.39 is 0 Å². The number of hydrogen-bond acceptors (Lipinski definition) is 1. The van der Waals surface area contributed by atoms with Gasteiger partial charge in [0.05, 0.1) is 16.6 Å². The second-order valence-electron chi connectivity index (χ2n) is 14.7. The van der Waals surface area contributed by atoms with Crippen LogP contribution in [0.4, 0.5) is 0 Å². The van der Waals surface area contributed by atoms with E-state index in [1.54, 1.807) is 0 Å². The molecule has 0 aliphatic rings. The van der Waals surface area contributed by atoms with Crippen molar-refractivity contribution in [3.63, 3.8) is 0 Å². The first-order valence-electron chi connectivity index (χ1n) is 19.0. The number of nitrogens with zero attached hydrogens (tertiary/aromatic N) is 2. The highest BCUT2D eigenvalue weighted by Gasteiger charge is 2.19. The molecule has 0 amide bonds. The number of para-hydroxylation sites is 3. The lowest BCUT2D eigenvalue weighted by atomic mass is 9.84. The molecule has 12 aromatic rings. The van der Waals surface area contributed by atoms with Crippen LogP contribution >= 0.6 is 0 Å². The van der Waals surface area contributed by atoms with Crippen molar-refractivity contribution < 1.29 is 0 Å². The van der Waals surface area contributed by atoms with Gasteiger partial charge in [0.2, 0.25) is 0 Å². The molecule has 0 saturated heterocycles. The number of fused-ring (bicyclic) bond motifs is 12. The van der Waals surface area contributed by atoms with Crippen molar-refractivity contribution >= 4 is 81.4 Å². The smallest absolute Gasteiger partial charge is 0.146 e. The number of benzene rings is 10. The van der Waals surface area contributed by atoms with E-state index in [0.29, 0.717) is 0 Å². The lowest BCUT2D eigenvalue weighted by Gasteiger charge is -2.19. The Morgan fingerprint density at radius 3 is 1.44 bits per heavy atom. The molecule has 2 heteroatoms. The van der Waals surface area contributed by atoms with Crippen LogP contribution in [0.3, 0.4) is 0 Å². The highest BCUT2D eigenvalue weighted by molar-refractivity contribution is 6.23. The van der Waals surface area contributed by atoms with Crippen LogP contribution in [-0.2, 0) is 0 Å². The number of pyridine rings is 1. The molecule has 0 bridgehead atoms. The predicted molar refractivity (Wildman–Crippen MR) is 234 cm³/mol. The Morgan fingerprint density at radius 2 is 0.764 bits per heavy atom. The van der Waals surface area contributed by atoms with E-state index in [9.17, 15) is 0 Å². The first-order valence-corrected chi connectivity index (χ1v) is 19.0. The molecule has 2 aromatic heterocycles. The van der Waals surface area contributed by atoms with Gasteiger partial charge < -0.3 is 0 Å². The Hall–Kier alpha value is -7.29. The van der Waals surface area contributed by atoms with E-state index in [4.69, 9.17) is 4.98 Å². The van der Waals surface area contributed by atoms with Gasteiger partial charge in [0.15, 0.2) is 0 Å². The van der Waals surface area contributed by atoms with Gasteiger partial charge in [0.25, 0.3) is 0 Å². The largest absolute Gasteiger partial charge is 0.292 e. The van der Waals surface area contributed by atoms with Crippen molar-refractivity contribution in [1.29, 1.82) is 0 Å². The molecule has 0 fully saturated rings. The first-order chi connectivity index (χ1) is 27.3. The maximum absolute atomic E-state index is 5.22. The van der Waals surface area contributed by atoms with Crippen LogP contribution in [0.15, 0.2) is 194 Å². The van der Waals surface area contributed by atoms with Gasteiger partial charge in [-0.25, -0.2) is 4.98 Å². The third kappa shape index (κ3) is 4.52. The Bertz CT molecular complexity index is 3550. The Balaban J connectivity index is 1.17. The summed E-state index contributed by atoms with van der Waals surface area (Å²) in [5.74, 6) is 0. The Morgan fingerprint density at radius 1 is 0.291 bits per heavy atom. The van der Waals surface area contributed by atoms with Crippen LogP contribution in [0.2, 0.25) is 0 Å². The molecule has 0 unspecified atom stereocenters. The number of rotatable bonds is 3. The SMILES string of the molecule is c1ccc2cc(-c3c4ccccc4c(-c4ccc5ccccc5c4)c4cc(-c5ccc6c7ccccc7n7c8ccccc8nc7c6c5)ccc34)ccc2c1. The van der Waals surface area contributed by atoms with E-state index in [1.165, 1.54) is 92.8 Å². The predicted octanol–water partition coefficient (Wildman–Crippen LogP) is 14.4. The summed E-state index contributed by atoms with van der Waals surface area (Å²) in [5, 5.41) is 13.6. The zero-order chi connectivity index (χ0) is 36.0. The van der Waals surface area contributed by atoms with E-state index in [-0.39, 0.29) is 0 Å². The number of aromatic nitrogens is 2. The average molecular weight is 697 g/mol. The molecular formula is C53H32N2. The number of imidazole rings is 1. The van der Waals surface area contributed by atoms with E-state index >= 15 is 0 Å². The van der Waals surface area contributed by atoms with E-state index in [2.05, 4.69) is 199 Å². The van der Waals surface area contributed by atoms with Gasteiger partial charge in [-0.05, 0) is 124 Å². The first kappa shape index (κ1) is 30.2. The van der Waals surface area contributed by atoms with Crippen LogP contribution < -0.4 is 0 Å². The Kier molecular flexibility index (Phi) is 6.37. The minimum Gasteiger partial charge on any atom is -0.292 e. The molecule has 0 aliphatic heterocycles. The molecule has 0 aliphatic carbocycles. The second kappa shape index (κ2) is 11.6. The lowest BCUT2D eigenvalue weighted by Crippen LogP contribution is -1.93. The fraction of sp³-hybridized carbons (Fsp3) is 0. The molecule has 55 heavy (non-hydrogen) atoms. The van der Waals surface area contributed by atoms with Crippen molar-refractivity contribution in [2.24, 2.45) is 0 Å². The molecule has 10 aromatic carbocycles.